The number of hydrogen-bond donors (Lipinski definition) is 1. The van der Waals surface area contributed by atoms with Crippen LogP contribution in [0.5, 0.6) is 5.75 Å². The van der Waals surface area contributed by atoms with E-state index in [2.05, 4.69) is 20.1 Å². The average Bonchev–Trinajstić information content (AvgIpc) is 3.43. The molecule has 4 aromatic rings. The average molecular weight is 427 g/mol. The topological polar surface area (TPSA) is 125 Å². The van der Waals surface area contributed by atoms with Crippen molar-refractivity contribution < 1.29 is 18.3 Å². The fraction of sp³-hybridized carbons (Fsp3) is 0.350. The predicted molar refractivity (Wildman–Crippen MR) is 110 cm³/mol. The molecule has 0 spiro atoms. The highest BCUT2D eigenvalue weighted by atomic mass is 19.1. The van der Waals surface area contributed by atoms with Gasteiger partial charge in [0.2, 0.25) is 5.95 Å². The van der Waals surface area contributed by atoms with Crippen LogP contribution in [0.3, 0.4) is 0 Å². The van der Waals surface area contributed by atoms with Gasteiger partial charge in [0.1, 0.15) is 6.26 Å². The molecule has 0 aliphatic rings. The van der Waals surface area contributed by atoms with Gasteiger partial charge >= 0.3 is 0 Å². The molecular formula is C20H22FN7O3. The number of oxazole rings is 1. The predicted octanol–water partition coefficient (Wildman–Crippen LogP) is 2.48. The Bertz CT molecular complexity index is 1240. The highest BCUT2D eigenvalue weighted by Crippen LogP contribution is 2.27. The van der Waals surface area contributed by atoms with Gasteiger partial charge in [0, 0.05) is 31.0 Å². The van der Waals surface area contributed by atoms with Crippen LogP contribution < -0.4 is 10.5 Å². The van der Waals surface area contributed by atoms with Gasteiger partial charge in [0.25, 0.3) is 5.91 Å². The number of benzene rings is 1. The Labute approximate surface area is 176 Å². The molecule has 0 aliphatic heterocycles. The van der Waals surface area contributed by atoms with E-state index >= 15 is 0 Å². The van der Waals surface area contributed by atoms with Crippen LogP contribution in [-0.4, -0.2) is 55.6 Å². The summed E-state index contributed by atoms with van der Waals surface area (Å²) in [6, 6.07) is 2.79. The fourth-order valence-corrected chi connectivity index (χ4v) is 3.38. The summed E-state index contributed by atoms with van der Waals surface area (Å²) in [7, 11) is 3.12. The van der Waals surface area contributed by atoms with Gasteiger partial charge in [0.15, 0.2) is 35.1 Å². The molecule has 0 bridgehead atoms. The number of anilines is 1. The first kappa shape index (κ1) is 20.5. The Morgan fingerprint density at radius 2 is 2.19 bits per heavy atom. The van der Waals surface area contributed by atoms with Crippen molar-refractivity contribution in [2.24, 2.45) is 0 Å². The number of ether oxygens (including phenoxy) is 1. The number of amides is 1. The molecule has 3 heterocycles. The molecule has 0 fully saturated rings. The molecular weight excluding hydrogens is 405 g/mol. The fourth-order valence-electron chi connectivity index (χ4n) is 3.38. The van der Waals surface area contributed by atoms with Crippen LogP contribution in [0.1, 0.15) is 36.1 Å². The second-order valence-corrected chi connectivity index (χ2v) is 7.27. The smallest absolute Gasteiger partial charge is 0.275 e. The summed E-state index contributed by atoms with van der Waals surface area (Å²) in [6.07, 6.45) is 4.59. The van der Waals surface area contributed by atoms with E-state index in [0.717, 1.165) is 12.8 Å². The van der Waals surface area contributed by atoms with Gasteiger partial charge in [-0.2, -0.15) is 4.52 Å². The van der Waals surface area contributed by atoms with E-state index in [0.29, 0.717) is 28.8 Å². The molecule has 162 valence electrons. The molecule has 0 aliphatic carbocycles. The lowest BCUT2D eigenvalue weighted by Crippen LogP contribution is -2.35. The molecule has 1 amide bonds. The van der Waals surface area contributed by atoms with Gasteiger partial charge in [0.05, 0.1) is 12.6 Å². The molecule has 11 heteroatoms. The number of nitrogens with zero attached hydrogens (tertiary/aromatic N) is 6. The van der Waals surface area contributed by atoms with E-state index in [9.17, 15) is 9.18 Å². The van der Waals surface area contributed by atoms with Crippen molar-refractivity contribution >= 4 is 28.4 Å². The number of fused-ring (bicyclic) bond motifs is 3. The first-order valence-corrected chi connectivity index (χ1v) is 9.72. The standard InChI is InChI=1S/C20H22FN7O3/c1-11(27(2)19(29)15-9-31-10-23-15)5-4-6-17-25-18-12-7-13(21)16(30-3)8-14(12)24-20(22)28(18)26-17/h7-11H,4-6H2,1-3H3,(H2,22,24)/t11-/m0/s1. The van der Waals surface area contributed by atoms with Gasteiger partial charge in [-0.1, -0.05) is 0 Å². The quantitative estimate of drug-likeness (QED) is 0.477. The van der Waals surface area contributed by atoms with Gasteiger partial charge in [-0.3, -0.25) is 4.79 Å². The second kappa shape index (κ2) is 8.17. The third-order valence-electron chi connectivity index (χ3n) is 5.27. The van der Waals surface area contributed by atoms with E-state index in [1.807, 2.05) is 6.92 Å². The molecule has 31 heavy (non-hydrogen) atoms. The minimum absolute atomic E-state index is 0.0182. The highest BCUT2D eigenvalue weighted by Gasteiger charge is 2.20. The Morgan fingerprint density at radius 3 is 2.90 bits per heavy atom. The number of rotatable bonds is 7. The van der Waals surface area contributed by atoms with Gasteiger partial charge < -0.3 is 19.8 Å². The number of methoxy groups -OCH3 is 1. The molecule has 0 radical (unpaired) electrons. The van der Waals surface area contributed by atoms with Crippen molar-refractivity contribution in [2.45, 2.75) is 32.2 Å². The van der Waals surface area contributed by atoms with E-state index < -0.39 is 5.82 Å². The van der Waals surface area contributed by atoms with Crippen molar-refractivity contribution in [3.05, 3.63) is 42.1 Å². The van der Waals surface area contributed by atoms with Crippen LogP contribution in [0.15, 0.2) is 29.2 Å². The lowest BCUT2D eigenvalue weighted by Gasteiger charge is -2.23. The van der Waals surface area contributed by atoms with E-state index in [4.69, 9.17) is 14.9 Å². The molecule has 10 nitrogen and oxygen atoms in total. The van der Waals surface area contributed by atoms with Crippen molar-refractivity contribution in [3.63, 3.8) is 0 Å². The number of halogens is 1. The summed E-state index contributed by atoms with van der Waals surface area (Å²) in [5.41, 5.74) is 7.20. The normalized spacial score (nSPS) is 12.4. The maximum Gasteiger partial charge on any atom is 0.275 e. The molecule has 3 aromatic heterocycles. The van der Waals surface area contributed by atoms with Crippen molar-refractivity contribution in [1.82, 2.24) is 29.5 Å². The van der Waals surface area contributed by atoms with Crippen LogP contribution >= 0.6 is 0 Å². The molecule has 2 N–H and O–H groups in total. The van der Waals surface area contributed by atoms with E-state index in [-0.39, 0.29) is 29.3 Å². The number of aromatic nitrogens is 5. The summed E-state index contributed by atoms with van der Waals surface area (Å²) < 4.78 is 25.5. The number of carbonyl (C=O) groups excluding carboxylic acids is 1. The number of hydrogen-bond acceptors (Lipinski definition) is 8. The monoisotopic (exact) mass is 427 g/mol. The zero-order valence-electron chi connectivity index (χ0n) is 17.4. The third kappa shape index (κ3) is 3.86. The first-order valence-electron chi connectivity index (χ1n) is 9.72. The van der Waals surface area contributed by atoms with E-state index in [1.165, 1.54) is 36.4 Å². The molecule has 0 saturated heterocycles. The van der Waals surface area contributed by atoms with Crippen LogP contribution in [0.4, 0.5) is 10.3 Å². The van der Waals surface area contributed by atoms with Crippen LogP contribution in [0.25, 0.3) is 16.6 Å². The van der Waals surface area contributed by atoms with Gasteiger partial charge in [-0.25, -0.2) is 19.3 Å². The van der Waals surface area contributed by atoms with Crippen LogP contribution in [0.2, 0.25) is 0 Å². The van der Waals surface area contributed by atoms with E-state index in [1.54, 1.807) is 11.9 Å². The number of carbonyl (C=O) groups is 1. The van der Waals surface area contributed by atoms with Crippen LogP contribution in [-0.2, 0) is 6.42 Å². The minimum atomic E-state index is -0.512. The first-order chi connectivity index (χ1) is 14.9. The molecule has 1 atom stereocenters. The Balaban J connectivity index is 1.49. The number of nitrogen functional groups attached to an aromatic ring is 1. The molecule has 4 rings (SSSR count). The zero-order chi connectivity index (χ0) is 22.1. The summed E-state index contributed by atoms with van der Waals surface area (Å²) in [5, 5.41) is 4.91. The number of nitrogens with two attached hydrogens (primary N) is 1. The maximum atomic E-state index is 14.2. The largest absolute Gasteiger partial charge is 0.494 e. The summed E-state index contributed by atoms with van der Waals surface area (Å²) in [4.78, 5) is 26.7. The maximum absolute atomic E-state index is 14.2. The van der Waals surface area contributed by atoms with Crippen molar-refractivity contribution in [2.75, 3.05) is 19.9 Å². The zero-order valence-corrected chi connectivity index (χ0v) is 17.4. The summed E-state index contributed by atoms with van der Waals surface area (Å²) >= 11 is 0. The highest BCUT2D eigenvalue weighted by molar-refractivity contribution is 5.93. The molecule has 1 aromatic carbocycles. The third-order valence-corrected chi connectivity index (χ3v) is 5.27. The Hall–Kier alpha value is -3.76. The van der Waals surface area contributed by atoms with Gasteiger partial charge in [-0.15, -0.1) is 5.10 Å². The lowest BCUT2D eigenvalue weighted by atomic mass is 10.1. The molecule has 0 unspecified atom stereocenters. The number of aryl methyl sites for hydroxylation is 1. The second-order valence-electron chi connectivity index (χ2n) is 7.27. The summed E-state index contributed by atoms with van der Waals surface area (Å²) in [6.45, 7) is 1.96. The Kier molecular flexibility index (Phi) is 5.40. The van der Waals surface area contributed by atoms with Crippen molar-refractivity contribution in [3.8, 4) is 5.75 Å². The minimum Gasteiger partial charge on any atom is -0.494 e. The lowest BCUT2D eigenvalue weighted by molar-refractivity contribution is 0.0730. The summed E-state index contributed by atoms with van der Waals surface area (Å²) in [5.74, 6) is 0.0921. The van der Waals surface area contributed by atoms with Crippen LogP contribution in [0, 0.1) is 5.82 Å². The van der Waals surface area contributed by atoms with Crippen molar-refractivity contribution in [1.29, 1.82) is 0 Å². The Morgan fingerprint density at radius 1 is 1.39 bits per heavy atom. The molecule has 0 saturated carbocycles. The van der Waals surface area contributed by atoms with Gasteiger partial charge in [-0.05, 0) is 25.8 Å². The SMILES string of the molecule is COc1cc2nc(N)n3nc(CCC[C@H](C)N(C)C(=O)c4cocn4)nc3c2cc1F.